The molecule has 0 aliphatic carbocycles. The SMILES string of the molecule is CCOC1C2=C(NC(C)=C(C(=O)O)C2c2ccc(N)cc2OC)C(C)=CN1C. The molecule has 0 radical (unpaired) electrons. The summed E-state index contributed by atoms with van der Waals surface area (Å²) in [5.74, 6) is -0.965. The number of benzene rings is 1. The molecule has 2 heterocycles. The van der Waals surface area contributed by atoms with Crippen molar-refractivity contribution >= 4 is 11.7 Å². The summed E-state index contributed by atoms with van der Waals surface area (Å²) < 4.78 is 11.6. The molecule has 0 spiro atoms. The van der Waals surface area contributed by atoms with E-state index in [9.17, 15) is 9.90 Å². The summed E-state index contributed by atoms with van der Waals surface area (Å²) in [6, 6.07) is 5.32. The van der Waals surface area contributed by atoms with Crippen molar-refractivity contribution in [1.29, 1.82) is 0 Å². The number of hydrogen-bond donors (Lipinski definition) is 3. The molecule has 0 aromatic heterocycles. The Hall–Kier alpha value is -2.93. The molecule has 1 aromatic carbocycles. The van der Waals surface area contributed by atoms with Crippen LogP contribution in [0.3, 0.4) is 0 Å². The van der Waals surface area contributed by atoms with Gasteiger partial charge >= 0.3 is 5.97 Å². The van der Waals surface area contributed by atoms with Crippen molar-refractivity contribution in [3.63, 3.8) is 0 Å². The van der Waals surface area contributed by atoms with Crippen LogP contribution in [-0.2, 0) is 9.53 Å². The maximum atomic E-state index is 12.3. The lowest BCUT2D eigenvalue weighted by Crippen LogP contribution is -2.43. The number of ether oxygens (including phenoxy) is 2. The van der Waals surface area contributed by atoms with Crippen LogP contribution in [0.1, 0.15) is 32.3 Å². The molecular weight excluding hydrogens is 358 g/mol. The number of nitrogens with two attached hydrogens (primary N) is 1. The molecule has 0 saturated heterocycles. The standard InChI is InChI=1S/C21H27N3O4/c1-6-28-20-18-17(14-8-7-13(22)9-15(14)27-5)16(21(25)26)12(3)23-19(18)11(2)10-24(20)4/h7-10,17,20,23H,6,22H2,1-5H3,(H,25,26). The monoisotopic (exact) mass is 385 g/mol. The molecule has 1 aromatic rings. The van der Waals surface area contributed by atoms with Crippen LogP contribution in [0.5, 0.6) is 5.75 Å². The Labute approximate surface area is 165 Å². The first-order valence-corrected chi connectivity index (χ1v) is 9.21. The number of nitrogens with one attached hydrogen (secondary N) is 1. The maximum Gasteiger partial charge on any atom is 0.334 e. The summed E-state index contributed by atoms with van der Waals surface area (Å²) in [4.78, 5) is 14.2. The van der Waals surface area contributed by atoms with Gasteiger partial charge in [0, 0.05) is 60.1 Å². The summed E-state index contributed by atoms with van der Waals surface area (Å²) in [6.07, 6.45) is 1.61. The van der Waals surface area contributed by atoms with Crippen LogP contribution in [-0.4, -0.2) is 43.0 Å². The lowest BCUT2D eigenvalue weighted by atomic mass is 9.77. The van der Waals surface area contributed by atoms with Crippen molar-refractivity contribution in [1.82, 2.24) is 10.2 Å². The average Bonchev–Trinajstić information content (AvgIpc) is 2.64. The third kappa shape index (κ3) is 3.22. The van der Waals surface area contributed by atoms with Crippen LogP contribution >= 0.6 is 0 Å². The molecule has 2 aliphatic heterocycles. The van der Waals surface area contributed by atoms with E-state index in [-0.39, 0.29) is 5.57 Å². The number of nitrogens with zero attached hydrogens (tertiary/aromatic N) is 1. The fraction of sp³-hybridized carbons (Fsp3) is 0.381. The van der Waals surface area contributed by atoms with Gasteiger partial charge < -0.3 is 30.5 Å². The summed E-state index contributed by atoms with van der Waals surface area (Å²) in [6.45, 7) is 6.20. The average molecular weight is 385 g/mol. The van der Waals surface area contributed by atoms with Gasteiger partial charge in [-0.05, 0) is 32.4 Å². The van der Waals surface area contributed by atoms with Crippen LogP contribution in [0.25, 0.3) is 0 Å². The lowest BCUT2D eigenvalue weighted by molar-refractivity contribution is -0.133. The lowest BCUT2D eigenvalue weighted by Gasteiger charge is -2.42. The van der Waals surface area contributed by atoms with Gasteiger partial charge in [0.25, 0.3) is 0 Å². The number of carbonyl (C=O) groups is 1. The molecule has 7 nitrogen and oxygen atoms in total. The molecule has 0 bridgehead atoms. The second kappa shape index (κ2) is 7.59. The fourth-order valence-electron chi connectivity index (χ4n) is 4.03. The second-order valence-corrected chi connectivity index (χ2v) is 7.02. The number of methoxy groups -OCH3 is 1. The molecule has 150 valence electrons. The van der Waals surface area contributed by atoms with E-state index < -0.39 is 18.1 Å². The molecule has 0 fully saturated rings. The molecular formula is C21H27N3O4. The van der Waals surface area contributed by atoms with Gasteiger partial charge in [-0.2, -0.15) is 0 Å². The number of likely N-dealkylation sites (N-methyl/N-ethyl adjacent to an activating group) is 1. The van der Waals surface area contributed by atoms with Gasteiger partial charge in [0.05, 0.1) is 12.7 Å². The number of carboxylic acids is 1. The number of allylic oxidation sites excluding steroid dienone is 2. The number of anilines is 1. The van der Waals surface area contributed by atoms with Crippen LogP contribution in [0.4, 0.5) is 5.69 Å². The first-order valence-electron chi connectivity index (χ1n) is 9.21. The molecule has 28 heavy (non-hydrogen) atoms. The van der Waals surface area contributed by atoms with E-state index in [0.717, 1.165) is 22.4 Å². The van der Waals surface area contributed by atoms with Crippen molar-refractivity contribution in [2.24, 2.45) is 0 Å². The van der Waals surface area contributed by atoms with Crippen molar-refractivity contribution in [3.8, 4) is 5.75 Å². The number of rotatable bonds is 5. The van der Waals surface area contributed by atoms with Crippen molar-refractivity contribution in [2.45, 2.75) is 32.9 Å². The highest BCUT2D eigenvalue weighted by atomic mass is 16.5. The summed E-state index contributed by atoms with van der Waals surface area (Å²) >= 11 is 0. The fourth-order valence-corrected chi connectivity index (χ4v) is 4.03. The predicted molar refractivity (Wildman–Crippen MR) is 108 cm³/mol. The van der Waals surface area contributed by atoms with E-state index in [1.165, 1.54) is 0 Å². The highest BCUT2D eigenvalue weighted by Gasteiger charge is 2.42. The quantitative estimate of drug-likeness (QED) is 0.671. The second-order valence-electron chi connectivity index (χ2n) is 7.02. The molecule has 7 heteroatoms. The zero-order valence-corrected chi connectivity index (χ0v) is 16.9. The van der Waals surface area contributed by atoms with E-state index in [1.807, 2.05) is 38.1 Å². The smallest absolute Gasteiger partial charge is 0.334 e. The van der Waals surface area contributed by atoms with Crippen molar-refractivity contribution in [2.75, 3.05) is 26.5 Å². The van der Waals surface area contributed by atoms with Gasteiger partial charge in [-0.25, -0.2) is 4.79 Å². The van der Waals surface area contributed by atoms with Gasteiger partial charge in [0.15, 0.2) is 6.23 Å². The first-order chi connectivity index (χ1) is 13.3. The molecule has 2 unspecified atom stereocenters. The number of hydrogen-bond acceptors (Lipinski definition) is 6. The zero-order valence-electron chi connectivity index (χ0n) is 16.9. The number of nitrogen functional groups attached to an aromatic ring is 1. The molecule has 4 N–H and O–H groups in total. The van der Waals surface area contributed by atoms with Crippen molar-refractivity contribution < 1.29 is 19.4 Å². The number of aliphatic carboxylic acids is 1. The third-order valence-corrected chi connectivity index (χ3v) is 5.16. The molecule has 0 amide bonds. The Kier molecular flexibility index (Phi) is 5.38. The predicted octanol–water partition coefficient (Wildman–Crippen LogP) is 2.79. The Morgan fingerprint density at radius 1 is 1.36 bits per heavy atom. The molecule has 0 saturated carbocycles. The van der Waals surface area contributed by atoms with Crippen LogP contribution < -0.4 is 15.8 Å². The van der Waals surface area contributed by atoms with E-state index >= 15 is 0 Å². The molecule has 2 aliphatic rings. The van der Waals surface area contributed by atoms with Gasteiger partial charge in [-0.15, -0.1) is 0 Å². The topological polar surface area (TPSA) is 97.0 Å². The van der Waals surface area contributed by atoms with Gasteiger partial charge in [0.1, 0.15) is 5.75 Å². The van der Waals surface area contributed by atoms with E-state index in [2.05, 4.69) is 5.32 Å². The molecule has 2 atom stereocenters. The molecule has 3 rings (SSSR count). The normalized spacial score (nSPS) is 21.9. The van der Waals surface area contributed by atoms with Crippen LogP contribution in [0, 0.1) is 0 Å². The van der Waals surface area contributed by atoms with E-state index in [4.69, 9.17) is 15.2 Å². The van der Waals surface area contributed by atoms with Gasteiger partial charge in [-0.1, -0.05) is 6.07 Å². The highest BCUT2D eigenvalue weighted by Crippen LogP contribution is 2.47. The first kappa shape index (κ1) is 19.8. The summed E-state index contributed by atoms with van der Waals surface area (Å²) in [7, 11) is 3.49. The van der Waals surface area contributed by atoms with E-state index in [1.54, 1.807) is 26.2 Å². The van der Waals surface area contributed by atoms with E-state index in [0.29, 0.717) is 23.7 Å². The largest absolute Gasteiger partial charge is 0.496 e. The Morgan fingerprint density at radius 3 is 2.68 bits per heavy atom. The minimum Gasteiger partial charge on any atom is -0.496 e. The number of carboxylic acid groups (broad SMARTS) is 1. The number of dihydropyridines is 1. The minimum atomic E-state index is -0.981. The van der Waals surface area contributed by atoms with Crippen LogP contribution in [0.15, 0.2) is 52.5 Å². The van der Waals surface area contributed by atoms with Gasteiger partial charge in [-0.3, -0.25) is 0 Å². The summed E-state index contributed by atoms with van der Waals surface area (Å²) in [5, 5.41) is 13.3. The summed E-state index contributed by atoms with van der Waals surface area (Å²) in [5.41, 5.74) is 10.9. The third-order valence-electron chi connectivity index (χ3n) is 5.16. The Balaban J connectivity index is 2.30. The minimum absolute atomic E-state index is 0.273. The van der Waals surface area contributed by atoms with Crippen molar-refractivity contribution in [3.05, 3.63) is 58.1 Å². The van der Waals surface area contributed by atoms with Crippen LogP contribution in [0.2, 0.25) is 0 Å². The highest BCUT2D eigenvalue weighted by molar-refractivity contribution is 5.91. The van der Waals surface area contributed by atoms with Gasteiger partial charge in [0.2, 0.25) is 0 Å². The Bertz CT molecular complexity index is 901. The zero-order chi connectivity index (χ0) is 20.6. The Morgan fingerprint density at radius 2 is 2.07 bits per heavy atom. The maximum absolute atomic E-state index is 12.3.